The van der Waals surface area contributed by atoms with E-state index in [1.807, 2.05) is 56.3 Å². The zero-order chi connectivity index (χ0) is 9.84. The summed E-state index contributed by atoms with van der Waals surface area (Å²) in [5.41, 5.74) is 1.16. The minimum Gasteiger partial charge on any atom is -0.391 e. The molecule has 13 heavy (non-hydrogen) atoms. The Hall–Kier alpha value is -0.860. The molecule has 0 fully saturated rings. The molecule has 0 aliphatic rings. The Kier molecular flexibility index (Phi) is 3.46. The maximum absolute atomic E-state index is 9.59. The fourth-order valence-corrected chi connectivity index (χ4v) is 1.66. The Labute approximate surface area is 79.8 Å². The molecule has 0 saturated heterocycles. The summed E-state index contributed by atoms with van der Waals surface area (Å²) in [4.78, 5) is 2.03. The largest absolute Gasteiger partial charge is 0.391 e. The van der Waals surface area contributed by atoms with Crippen molar-refractivity contribution in [3.05, 3.63) is 35.9 Å². The van der Waals surface area contributed by atoms with Crippen LogP contribution < -0.4 is 0 Å². The molecule has 2 atom stereocenters. The van der Waals surface area contributed by atoms with E-state index in [2.05, 4.69) is 0 Å². The lowest BCUT2D eigenvalue weighted by Crippen LogP contribution is -2.29. The van der Waals surface area contributed by atoms with Crippen molar-refractivity contribution in [2.75, 3.05) is 14.1 Å². The maximum atomic E-state index is 9.59. The molecule has 1 aromatic rings. The number of benzene rings is 1. The van der Waals surface area contributed by atoms with Crippen LogP contribution in [0.5, 0.6) is 0 Å². The van der Waals surface area contributed by atoms with Crippen molar-refractivity contribution in [3.63, 3.8) is 0 Å². The second-order valence-electron chi connectivity index (χ2n) is 3.56. The van der Waals surface area contributed by atoms with E-state index in [1.165, 1.54) is 0 Å². The lowest BCUT2D eigenvalue weighted by Gasteiger charge is -2.27. The van der Waals surface area contributed by atoms with Gasteiger partial charge in [0.15, 0.2) is 0 Å². The minimum absolute atomic E-state index is 0.0844. The van der Waals surface area contributed by atoms with Crippen LogP contribution in [0, 0.1) is 0 Å². The summed E-state index contributed by atoms with van der Waals surface area (Å²) in [7, 11) is 3.95. The number of aliphatic hydroxyl groups is 1. The Morgan fingerprint density at radius 2 is 1.69 bits per heavy atom. The molecule has 2 nitrogen and oxygen atoms in total. The van der Waals surface area contributed by atoms with Gasteiger partial charge in [-0.2, -0.15) is 0 Å². The second-order valence-corrected chi connectivity index (χ2v) is 3.56. The highest BCUT2D eigenvalue weighted by Crippen LogP contribution is 2.21. The number of rotatable bonds is 3. The van der Waals surface area contributed by atoms with Gasteiger partial charge in [-0.3, -0.25) is 0 Å². The van der Waals surface area contributed by atoms with Crippen molar-refractivity contribution in [2.24, 2.45) is 0 Å². The molecule has 0 aromatic heterocycles. The van der Waals surface area contributed by atoms with Gasteiger partial charge < -0.3 is 10.0 Å². The Balaban J connectivity index is 2.89. The third-order valence-electron chi connectivity index (χ3n) is 2.15. The molecule has 1 N–H and O–H groups in total. The summed E-state index contributed by atoms with van der Waals surface area (Å²) in [5, 5.41) is 9.59. The Morgan fingerprint density at radius 3 is 2.08 bits per heavy atom. The molecule has 0 bridgehead atoms. The first-order valence-electron chi connectivity index (χ1n) is 4.52. The SMILES string of the molecule is CC(O)C(c1ccccc1)N(C)C. The van der Waals surface area contributed by atoms with Crippen LogP contribution >= 0.6 is 0 Å². The van der Waals surface area contributed by atoms with Crippen molar-refractivity contribution in [2.45, 2.75) is 19.1 Å². The van der Waals surface area contributed by atoms with E-state index in [1.54, 1.807) is 0 Å². The van der Waals surface area contributed by atoms with Crippen molar-refractivity contribution < 1.29 is 5.11 Å². The fraction of sp³-hybridized carbons (Fsp3) is 0.455. The van der Waals surface area contributed by atoms with Gasteiger partial charge in [0.1, 0.15) is 0 Å². The van der Waals surface area contributed by atoms with E-state index >= 15 is 0 Å². The molecule has 72 valence electrons. The lowest BCUT2D eigenvalue weighted by molar-refractivity contribution is 0.0906. The number of hydrogen-bond acceptors (Lipinski definition) is 2. The van der Waals surface area contributed by atoms with Gasteiger partial charge in [-0.05, 0) is 26.6 Å². The normalized spacial score (nSPS) is 15.8. The van der Waals surface area contributed by atoms with Crippen LogP contribution in [-0.4, -0.2) is 30.2 Å². The first-order valence-corrected chi connectivity index (χ1v) is 4.52. The van der Waals surface area contributed by atoms with Gasteiger partial charge >= 0.3 is 0 Å². The monoisotopic (exact) mass is 179 g/mol. The van der Waals surface area contributed by atoms with Gasteiger partial charge in [0.2, 0.25) is 0 Å². The Morgan fingerprint density at radius 1 is 1.15 bits per heavy atom. The quantitative estimate of drug-likeness (QED) is 0.763. The molecule has 0 saturated carbocycles. The van der Waals surface area contributed by atoms with Gasteiger partial charge in [-0.25, -0.2) is 0 Å². The van der Waals surface area contributed by atoms with E-state index in [0.717, 1.165) is 5.56 Å². The van der Waals surface area contributed by atoms with Crippen LogP contribution in [0.1, 0.15) is 18.5 Å². The molecule has 2 unspecified atom stereocenters. The molecule has 1 rings (SSSR count). The summed E-state index contributed by atoms with van der Waals surface area (Å²) in [6.07, 6.45) is -0.350. The molecule has 0 spiro atoms. The molecular formula is C11H17NO. The van der Waals surface area contributed by atoms with Crippen LogP contribution in [0.25, 0.3) is 0 Å². The van der Waals surface area contributed by atoms with Crippen LogP contribution in [0.2, 0.25) is 0 Å². The molecule has 2 heteroatoms. The van der Waals surface area contributed by atoms with Crippen LogP contribution in [0.3, 0.4) is 0 Å². The maximum Gasteiger partial charge on any atom is 0.0708 e. The summed E-state index contributed by atoms with van der Waals surface area (Å²) < 4.78 is 0. The zero-order valence-electron chi connectivity index (χ0n) is 8.44. The van der Waals surface area contributed by atoms with Crippen LogP contribution in [0.15, 0.2) is 30.3 Å². The minimum atomic E-state index is -0.350. The van der Waals surface area contributed by atoms with Gasteiger partial charge in [0.05, 0.1) is 12.1 Å². The number of likely N-dealkylation sites (N-methyl/N-ethyl adjacent to an activating group) is 1. The predicted octanol–water partition coefficient (Wildman–Crippen LogP) is 1.67. The van der Waals surface area contributed by atoms with E-state index < -0.39 is 0 Å². The average Bonchev–Trinajstić information content (AvgIpc) is 2.04. The predicted molar refractivity (Wildman–Crippen MR) is 54.6 cm³/mol. The zero-order valence-corrected chi connectivity index (χ0v) is 8.44. The smallest absolute Gasteiger partial charge is 0.0708 e. The van der Waals surface area contributed by atoms with Gasteiger partial charge in [-0.15, -0.1) is 0 Å². The van der Waals surface area contributed by atoms with Crippen molar-refractivity contribution in [1.82, 2.24) is 4.90 Å². The molecule has 0 amide bonds. The topological polar surface area (TPSA) is 23.5 Å². The van der Waals surface area contributed by atoms with Crippen LogP contribution in [-0.2, 0) is 0 Å². The third kappa shape index (κ3) is 2.54. The highest BCUT2D eigenvalue weighted by atomic mass is 16.3. The molecule has 0 aliphatic heterocycles. The Bertz CT molecular complexity index is 236. The van der Waals surface area contributed by atoms with Gasteiger partial charge in [0.25, 0.3) is 0 Å². The molecular weight excluding hydrogens is 162 g/mol. The lowest BCUT2D eigenvalue weighted by atomic mass is 10.0. The van der Waals surface area contributed by atoms with E-state index in [-0.39, 0.29) is 12.1 Å². The molecule has 0 heterocycles. The van der Waals surface area contributed by atoms with Gasteiger partial charge in [0, 0.05) is 0 Å². The third-order valence-corrected chi connectivity index (χ3v) is 2.15. The van der Waals surface area contributed by atoms with Crippen molar-refractivity contribution in [3.8, 4) is 0 Å². The van der Waals surface area contributed by atoms with E-state index in [4.69, 9.17) is 0 Å². The van der Waals surface area contributed by atoms with Crippen molar-refractivity contribution >= 4 is 0 Å². The molecule has 0 radical (unpaired) electrons. The summed E-state index contributed by atoms with van der Waals surface area (Å²) >= 11 is 0. The number of hydrogen-bond donors (Lipinski definition) is 1. The fourth-order valence-electron chi connectivity index (χ4n) is 1.66. The summed E-state index contributed by atoms with van der Waals surface area (Å²) in [5.74, 6) is 0. The van der Waals surface area contributed by atoms with Gasteiger partial charge in [-0.1, -0.05) is 30.3 Å². The van der Waals surface area contributed by atoms with Crippen molar-refractivity contribution in [1.29, 1.82) is 0 Å². The summed E-state index contributed by atoms with van der Waals surface area (Å²) in [6.45, 7) is 1.82. The number of aliphatic hydroxyl groups excluding tert-OH is 1. The standard InChI is InChI=1S/C11H17NO/c1-9(13)11(12(2)3)10-7-5-4-6-8-10/h4-9,11,13H,1-3H3. The summed E-state index contributed by atoms with van der Waals surface area (Å²) in [6, 6.07) is 10.1. The second kappa shape index (κ2) is 4.40. The number of nitrogens with zero attached hydrogens (tertiary/aromatic N) is 1. The van der Waals surface area contributed by atoms with E-state index in [9.17, 15) is 5.11 Å². The molecule has 1 aromatic carbocycles. The first-order chi connectivity index (χ1) is 6.13. The molecule has 0 aliphatic carbocycles. The first kappa shape index (κ1) is 10.2. The highest BCUT2D eigenvalue weighted by molar-refractivity contribution is 5.19. The van der Waals surface area contributed by atoms with E-state index in [0.29, 0.717) is 0 Å². The highest BCUT2D eigenvalue weighted by Gasteiger charge is 2.18. The van der Waals surface area contributed by atoms with Crippen LogP contribution in [0.4, 0.5) is 0 Å². The average molecular weight is 179 g/mol.